The van der Waals surface area contributed by atoms with E-state index in [0.717, 1.165) is 43.5 Å². The van der Waals surface area contributed by atoms with Crippen LogP contribution in [0.4, 0.5) is 0 Å². The lowest BCUT2D eigenvalue weighted by atomic mass is 9.83. The number of halogens is 1. The highest BCUT2D eigenvalue weighted by atomic mass is 35.5. The average molecular weight is 711 g/mol. The quantitative estimate of drug-likeness (QED) is 0.367. The van der Waals surface area contributed by atoms with Gasteiger partial charge in [0.1, 0.15) is 11.9 Å². The summed E-state index contributed by atoms with van der Waals surface area (Å²) in [7, 11) is 1.54. The van der Waals surface area contributed by atoms with E-state index < -0.39 is 6.04 Å². The molecule has 3 amide bonds. The maximum absolute atomic E-state index is 14.0. The van der Waals surface area contributed by atoms with Crippen LogP contribution in [0.2, 0.25) is 0 Å². The molecule has 13 heteroatoms. The Hall–Kier alpha value is -3.84. The van der Waals surface area contributed by atoms with Gasteiger partial charge in [-0.05, 0) is 79.4 Å². The van der Waals surface area contributed by atoms with E-state index in [1.165, 1.54) is 10.4 Å². The molecule has 0 radical (unpaired) electrons. The first-order valence-electron chi connectivity index (χ1n) is 16.8. The summed E-state index contributed by atoms with van der Waals surface area (Å²) < 4.78 is 24.2. The third kappa shape index (κ3) is 7.82. The number of benzene rings is 2. The number of rotatable bonds is 2. The zero-order valence-corrected chi connectivity index (χ0v) is 29.2. The molecule has 1 aromatic heterocycles. The van der Waals surface area contributed by atoms with E-state index in [9.17, 15) is 14.4 Å². The summed E-state index contributed by atoms with van der Waals surface area (Å²) in [6, 6.07) is 14.6. The molecular weight excluding hydrogens is 668 g/mol. The third-order valence-corrected chi connectivity index (χ3v) is 10.9. The molecule has 262 valence electrons. The average Bonchev–Trinajstić information content (AvgIpc) is 3.56. The summed E-state index contributed by atoms with van der Waals surface area (Å²) in [6.45, 7) is 3.43. The van der Waals surface area contributed by atoms with Crippen LogP contribution in [0.3, 0.4) is 0 Å². The van der Waals surface area contributed by atoms with Gasteiger partial charge in [-0.15, -0.1) is 23.7 Å². The van der Waals surface area contributed by atoms with Gasteiger partial charge in [-0.1, -0.05) is 18.2 Å². The van der Waals surface area contributed by atoms with Crippen molar-refractivity contribution in [1.29, 1.82) is 0 Å². The van der Waals surface area contributed by atoms with E-state index in [4.69, 9.17) is 18.9 Å². The number of hydrogen-bond acceptors (Lipinski definition) is 9. The SMILES string of the molecule is COc1cc2ccc1OCC(=O)N[C@@H]1CN(C(=O)c3cc4c(s3)CCOC43CCNCC3)CC[C@H]1Oc1ccc(cc1)CNC(=O)CC2.Cl. The van der Waals surface area contributed by atoms with E-state index in [2.05, 4.69) is 22.0 Å². The maximum Gasteiger partial charge on any atom is 0.264 e. The maximum atomic E-state index is 14.0. The summed E-state index contributed by atoms with van der Waals surface area (Å²) in [6.07, 6.45) is 3.64. The number of nitrogens with one attached hydrogen (secondary N) is 3. The minimum absolute atomic E-state index is 0. The number of fused-ring (bicyclic) bond motifs is 2. The summed E-state index contributed by atoms with van der Waals surface area (Å²) in [5.74, 6) is 1.16. The van der Waals surface area contributed by atoms with Crippen molar-refractivity contribution in [3.8, 4) is 17.2 Å². The third-order valence-electron chi connectivity index (χ3n) is 9.74. The molecule has 1 spiro atoms. The number of methoxy groups -OCH3 is 1. The molecule has 0 saturated carbocycles. The second-order valence-corrected chi connectivity index (χ2v) is 14.0. The number of carbonyl (C=O) groups is 3. The number of nitrogens with zero attached hydrogens (tertiary/aromatic N) is 1. The molecule has 2 saturated heterocycles. The van der Waals surface area contributed by atoms with Crippen molar-refractivity contribution in [2.45, 2.75) is 62.8 Å². The molecule has 2 fully saturated rings. The van der Waals surface area contributed by atoms with Crippen molar-refractivity contribution in [2.75, 3.05) is 46.5 Å². The Morgan fingerprint density at radius 2 is 1.80 bits per heavy atom. The van der Waals surface area contributed by atoms with Crippen LogP contribution in [0.15, 0.2) is 48.5 Å². The normalized spacial score (nSPS) is 22.3. The van der Waals surface area contributed by atoms with E-state index in [1.54, 1.807) is 24.5 Å². The highest BCUT2D eigenvalue weighted by Gasteiger charge is 2.42. The molecule has 4 bridgehead atoms. The van der Waals surface area contributed by atoms with Gasteiger partial charge in [-0.3, -0.25) is 14.4 Å². The van der Waals surface area contributed by atoms with E-state index >= 15 is 0 Å². The molecule has 3 N–H and O–H groups in total. The molecule has 7 aliphatic heterocycles. The number of piperidine rings is 2. The Labute approximate surface area is 296 Å². The summed E-state index contributed by atoms with van der Waals surface area (Å²) in [5.41, 5.74) is 2.73. The fraction of sp³-hybridized carbons (Fsp3) is 0.472. The monoisotopic (exact) mass is 710 g/mol. The van der Waals surface area contributed by atoms with Gasteiger partial charge >= 0.3 is 0 Å². The highest BCUT2D eigenvalue weighted by molar-refractivity contribution is 7.14. The zero-order chi connectivity index (χ0) is 33.1. The molecular formula is C36H43ClN4O7S. The van der Waals surface area contributed by atoms with Crippen molar-refractivity contribution >= 4 is 41.5 Å². The van der Waals surface area contributed by atoms with Crippen molar-refractivity contribution < 1.29 is 33.3 Å². The molecule has 11 nitrogen and oxygen atoms in total. The minimum atomic E-state index is -0.471. The first kappa shape index (κ1) is 35.0. The Morgan fingerprint density at radius 3 is 2.59 bits per heavy atom. The van der Waals surface area contributed by atoms with Crippen LogP contribution < -0.4 is 30.2 Å². The lowest BCUT2D eigenvalue weighted by Crippen LogP contribution is -2.58. The van der Waals surface area contributed by atoms with Gasteiger partial charge in [0.05, 0.1) is 30.2 Å². The standard InChI is InChI=1S/C36H42N4O7S.ClH/c1-44-30-18-23-4-8-29(30)45-22-34(42)39-27-21-40(16-10-28(27)47-25-6-2-24(3-7-25)20-38-33(41)9-5-23)35(43)32-19-26-31(48-32)11-17-46-36(26)12-14-37-15-13-36;/h2-4,6-8,18-19,27-28,37H,5,9-17,20-22H2,1H3,(H,38,41)(H,39,42);1H/t27-,28-;/m1./s1. The Kier molecular flexibility index (Phi) is 11.0. The number of amides is 3. The molecule has 7 aliphatic rings. The van der Waals surface area contributed by atoms with Crippen molar-refractivity contribution in [3.05, 3.63) is 75.0 Å². The second kappa shape index (κ2) is 15.4. The Bertz CT molecular complexity index is 1660. The number of thiophene rings is 1. The van der Waals surface area contributed by atoms with Gasteiger partial charge in [0.2, 0.25) is 5.91 Å². The van der Waals surface area contributed by atoms with Crippen LogP contribution in [-0.2, 0) is 39.3 Å². The Balaban J connectivity index is 0.00000417. The number of likely N-dealkylation sites (tertiary alicyclic amines) is 1. The van der Waals surface area contributed by atoms with Gasteiger partial charge in [-0.2, -0.15) is 0 Å². The van der Waals surface area contributed by atoms with Crippen molar-refractivity contribution in [1.82, 2.24) is 20.9 Å². The predicted molar refractivity (Wildman–Crippen MR) is 187 cm³/mol. The van der Waals surface area contributed by atoms with Crippen LogP contribution in [-0.4, -0.2) is 81.3 Å². The molecule has 8 heterocycles. The topological polar surface area (TPSA) is 127 Å². The Morgan fingerprint density at radius 1 is 1.00 bits per heavy atom. The summed E-state index contributed by atoms with van der Waals surface area (Å²) >= 11 is 1.58. The minimum Gasteiger partial charge on any atom is -0.493 e. The van der Waals surface area contributed by atoms with E-state index in [1.807, 2.05) is 41.3 Å². The molecule has 2 aromatic carbocycles. The van der Waals surface area contributed by atoms with Crippen molar-refractivity contribution in [2.24, 2.45) is 0 Å². The number of carbonyl (C=O) groups excluding carboxylic acids is 3. The molecule has 49 heavy (non-hydrogen) atoms. The number of ether oxygens (including phenoxy) is 4. The predicted octanol–water partition coefficient (Wildman–Crippen LogP) is 3.75. The molecule has 2 atom stereocenters. The second-order valence-electron chi connectivity index (χ2n) is 12.9. The van der Waals surface area contributed by atoms with Crippen LogP contribution >= 0.6 is 23.7 Å². The van der Waals surface area contributed by atoms with Gasteiger partial charge in [0.15, 0.2) is 18.1 Å². The first-order chi connectivity index (χ1) is 23.4. The largest absolute Gasteiger partial charge is 0.493 e. The lowest BCUT2D eigenvalue weighted by Gasteiger charge is -2.40. The lowest BCUT2D eigenvalue weighted by molar-refractivity contribution is -0.125. The number of aryl methyl sites for hydroxylation is 1. The molecule has 0 aliphatic carbocycles. The van der Waals surface area contributed by atoms with Crippen LogP contribution in [0, 0.1) is 0 Å². The molecule has 3 aromatic rings. The van der Waals surface area contributed by atoms with Gasteiger partial charge in [-0.25, -0.2) is 0 Å². The fourth-order valence-corrected chi connectivity index (χ4v) is 8.30. The highest BCUT2D eigenvalue weighted by Crippen LogP contribution is 2.44. The van der Waals surface area contributed by atoms with E-state index in [0.29, 0.717) is 67.6 Å². The van der Waals surface area contributed by atoms with Crippen LogP contribution in [0.1, 0.15) is 56.9 Å². The summed E-state index contributed by atoms with van der Waals surface area (Å²) in [4.78, 5) is 43.7. The zero-order valence-electron chi connectivity index (χ0n) is 27.6. The van der Waals surface area contributed by atoms with Gasteiger partial charge in [0, 0.05) is 43.8 Å². The van der Waals surface area contributed by atoms with E-state index in [-0.39, 0.29) is 48.4 Å². The smallest absolute Gasteiger partial charge is 0.264 e. The fourth-order valence-electron chi connectivity index (χ4n) is 7.10. The van der Waals surface area contributed by atoms with Crippen molar-refractivity contribution in [3.63, 3.8) is 0 Å². The van der Waals surface area contributed by atoms with Crippen LogP contribution in [0.5, 0.6) is 17.2 Å². The number of hydrogen-bond donors (Lipinski definition) is 3. The van der Waals surface area contributed by atoms with Gasteiger partial charge < -0.3 is 39.8 Å². The first-order valence-corrected chi connectivity index (χ1v) is 17.6. The molecule has 0 unspecified atom stereocenters. The summed E-state index contributed by atoms with van der Waals surface area (Å²) in [5, 5.41) is 9.51. The molecule has 10 rings (SSSR count). The van der Waals surface area contributed by atoms with Crippen LogP contribution in [0.25, 0.3) is 0 Å². The van der Waals surface area contributed by atoms with Gasteiger partial charge in [0.25, 0.3) is 11.8 Å².